The van der Waals surface area contributed by atoms with Crippen molar-refractivity contribution in [2.45, 2.75) is 20.0 Å². The van der Waals surface area contributed by atoms with Crippen molar-refractivity contribution < 1.29 is 9.21 Å². The van der Waals surface area contributed by atoms with Gasteiger partial charge in [0.05, 0.1) is 23.3 Å². The molecule has 1 amide bonds. The fourth-order valence-electron chi connectivity index (χ4n) is 1.71. The number of thiazole rings is 1. The van der Waals surface area contributed by atoms with Gasteiger partial charge in [-0.15, -0.1) is 11.3 Å². The largest absolute Gasteiger partial charge is 0.467 e. The Balaban J connectivity index is 1.95. The van der Waals surface area contributed by atoms with E-state index in [0.717, 1.165) is 18.0 Å². The van der Waals surface area contributed by atoms with Crippen LogP contribution in [0.15, 0.2) is 22.3 Å². The summed E-state index contributed by atoms with van der Waals surface area (Å²) in [6.07, 6.45) is 1.41. The third-order valence-corrected chi connectivity index (χ3v) is 3.65. The molecule has 0 aliphatic heterocycles. The number of rotatable bonds is 5. The summed E-state index contributed by atoms with van der Waals surface area (Å²) in [4.78, 5) is 18.8. The highest BCUT2D eigenvalue weighted by atomic mass is 32.1. The maximum atomic E-state index is 11.3. The van der Waals surface area contributed by atoms with Gasteiger partial charge in [0.2, 0.25) is 0 Å². The second kappa shape index (κ2) is 5.96. The van der Waals surface area contributed by atoms with Crippen LogP contribution in [0, 0.1) is 6.92 Å². The maximum absolute atomic E-state index is 11.3. The van der Waals surface area contributed by atoms with Crippen LogP contribution in [-0.2, 0) is 13.1 Å². The molecule has 0 fully saturated rings. The lowest BCUT2D eigenvalue weighted by molar-refractivity contribution is 0.0953. The van der Waals surface area contributed by atoms with E-state index in [0.29, 0.717) is 12.1 Å². The molecular formula is C12H16N4O2S. The molecule has 6 nitrogen and oxygen atoms in total. The van der Waals surface area contributed by atoms with Gasteiger partial charge in [-0.2, -0.15) is 0 Å². The molecule has 7 heteroatoms. The molecule has 0 aromatic carbocycles. The number of nitrogens with two attached hydrogens (primary N) is 1. The molecule has 3 N–H and O–H groups in total. The molecule has 2 aromatic rings. The second-order valence-electron chi connectivity index (χ2n) is 4.31. The number of aromatic nitrogens is 1. The number of carbonyl (C=O) groups excluding carboxylic acids is 1. The Morgan fingerprint density at radius 2 is 2.37 bits per heavy atom. The summed E-state index contributed by atoms with van der Waals surface area (Å²) in [5.41, 5.74) is 5.40. The summed E-state index contributed by atoms with van der Waals surface area (Å²) in [6, 6.07) is 1.69. The molecule has 0 aliphatic carbocycles. The number of nitrogens with one attached hydrogen (secondary N) is 1. The van der Waals surface area contributed by atoms with Gasteiger partial charge in [0.1, 0.15) is 12.0 Å². The zero-order valence-corrected chi connectivity index (χ0v) is 11.7. The van der Waals surface area contributed by atoms with E-state index in [9.17, 15) is 4.79 Å². The summed E-state index contributed by atoms with van der Waals surface area (Å²) in [5.74, 6) is 5.44. The van der Waals surface area contributed by atoms with Crippen molar-refractivity contribution in [3.05, 3.63) is 39.7 Å². The molecule has 0 saturated carbocycles. The predicted molar refractivity (Wildman–Crippen MR) is 72.4 cm³/mol. The minimum absolute atomic E-state index is 0.351. The number of nitrogens with zero attached hydrogens (tertiary/aromatic N) is 2. The van der Waals surface area contributed by atoms with E-state index in [1.54, 1.807) is 17.4 Å². The van der Waals surface area contributed by atoms with Crippen molar-refractivity contribution in [2.75, 3.05) is 7.05 Å². The Hall–Kier alpha value is -1.70. The van der Waals surface area contributed by atoms with Gasteiger partial charge in [0, 0.05) is 11.4 Å². The Labute approximate surface area is 115 Å². The van der Waals surface area contributed by atoms with Crippen LogP contribution in [-0.4, -0.2) is 22.8 Å². The fraction of sp³-hybridized carbons (Fsp3) is 0.333. The summed E-state index contributed by atoms with van der Waals surface area (Å²) in [5, 5.41) is 0. The van der Waals surface area contributed by atoms with E-state index >= 15 is 0 Å². The SMILES string of the molecule is Cc1ncsc1CN(C)Cc1cc(C(=O)NN)co1. The quantitative estimate of drug-likeness (QED) is 0.489. The van der Waals surface area contributed by atoms with Crippen molar-refractivity contribution in [1.82, 2.24) is 15.3 Å². The first-order valence-electron chi connectivity index (χ1n) is 5.76. The molecule has 0 saturated heterocycles. The Morgan fingerprint density at radius 3 is 3.00 bits per heavy atom. The highest BCUT2D eigenvalue weighted by Crippen LogP contribution is 2.16. The average molecular weight is 280 g/mol. The van der Waals surface area contributed by atoms with E-state index in [1.165, 1.54) is 11.1 Å². The summed E-state index contributed by atoms with van der Waals surface area (Å²) < 4.78 is 5.34. The number of furan rings is 1. The van der Waals surface area contributed by atoms with Crippen molar-refractivity contribution in [3.63, 3.8) is 0 Å². The molecule has 0 radical (unpaired) electrons. The van der Waals surface area contributed by atoms with E-state index < -0.39 is 0 Å². The first-order valence-corrected chi connectivity index (χ1v) is 6.64. The van der Waals surface area contributed by atoms with Crippen molar-refractivity contribution >= 4 is 17.2 Å². The molecule has 0 aliphatic rings. The molecule has 2 aromatic heterocycles. The Kier molecular flexibility index (Phi) is 4.31. The normalized spacial score (nSPS) is 10.9. The molecule has 2 rings (SSSR count). The molecule has 0 atom stereocenters. The molecule has 2 heterocycles. The zero-order valence-electron chi connectivity index (χ0n) is 10.8. The fourth-order valence-corrected chi connectivity index (χ4v) is 2.57. The summed E-state index contributed by atoms with van der Waals surface area (Å²) in [6.45, 7) is 3.42. The van der Waals surface area contributed by atoms with E-state index in [4.69, 9.17) is 10.3 Å². The van der Waals surface area contributed by atoms with Crippen LogP contribution in [0.2, 0.25) is 0 Å². The molecule has 0 bridgehead atoms. The lowest BCUT2D eigenvalue weighted by Gasteiger charge is -2.13. The van der Waals surface area contributed by atoms with Crippen LogP contribution in [0.4, 0.5) is 0 Å². The van der Waals surface area contributed by atoms with Crippen LogP contribution < -0.4 is 11.3 Å². The molecule has 0 unspecified atom stereocenters. The van der Waals surface area contributed by atoms with Crippen LogP contribution >= 0.6 is 11.3 Å². The number of hydrogen-bond acceptors (Lipinski definition) is 6. The number of nitrogen functional groups attached to an aromatic ring is 1. The number of aryl methyl sites for hydroxylation is 1. The minimum Gasteiger partial charge on any atom is -0.467 e. The molecule has 19 heavy (non-hydrogen) atoms. The number of carbonyl (C=O) groups is 1. The van der Waals surface area contributed by atoms with Crippen LogP contribution in [0.25, 0.3) is 0 Å². The first-order chi connectivity index (χ1) is 9.10. The number of hydrazine groups is 1. The summed E-state index contributed by atoms with van der Waals surface area (Å²) in [7, 11) is 1.99. The van der Waals surface area contributed by atoms with Gasteiger partial charge in [0.25, 0.3) is 5.91 Å². The van der Waals surface area contributed by atoms with Gasteiger partial charge in [-0.1, -0.05) is 0 Å². The van der Waals surface area contributed by atoms with Gasteiger partial charge in [-0.3, -0.25) is 15.1 Å². The smallest absolute Gasteiger partial charge is 0.268 e. The Morgan fingerprint density at radius 1 is 1.58 bits per heavy atom. The van der Waals surface area contributed by atoms with Crippen molar-refractivity contribution in [2.24, 2.45) is 5.84 Å². The van der Waals surface area contributed by atoms with Gasteiger partial charge in [-0.05, 0) is 20.0 Å². The Bertz CT molecular complexity index is 564. The second-order valence-corrected chi connectivity index (χ2v) is 5.25. The lowest BCUT2D eigenvalue weighted by atomic mass is 10.3. The first kappa shape index (κ1) is 13.7. The molecular weight excluding hydrogens is 264 g/mol. The monoisotopic (exact) mass is 280 g/mol. The molecule has 0 spiro atoms. The average Bonchev–Trinajstić information content (AvgIpc) is 2.99. The highest BCUT2D eigenvalue weighted by molar-refractivity contribution is 7.09. The van der Waals surface area contributed by atoms with Gasteiger partial charge in [-0.25, -0.2) is 10.8 Å². The highest BCUT2D eigenvalue weighted by Gasteiger charge is 2.11. The van der Waals surface area contributed by atoms with E-state index in [2.05, 4.69) is 15.3 Å². The minimum atomic E-state index is -0.351. The maximum Gasteiger partial charge on any atom is 0.268 e. The van der Waals surface area contributed by atoms with E-state index in [-0.39, 0.29) is 5.91 Å². The van der Waals surface area contributed by atoms with Crippen LogP contribution in [0.3, 0.4) is 0 Å². The van der Waals surface area contributed by atoms with Crippen molar-refractivity contribution in [1.29, 1.82) is 0 Å². The lowest BCUT2D eigenvalue weighted by Crippen LogP contribution is -2.29. The summed E-state index contributed by atoms with van der Waals surface area (Å²) >= 11 is 1.64. The van der Waals surface area contributed by atoms with Crippen LogP contribution in [0.5, 0.6) is 0 Å². The zero-order chi connectivity index (χ0) is 13.8. The topological polar surface area (TPSA) is 84.4 Å². The molecule has 102 valence electrons. The third-order valence-electron chi connectivity index (χ3n) is 2.73. The van der Waals surface area contributed by atoms with Gasteiger partial charge < -0.3 is 4.42 Å². The van der Waals surface area contributed by atoms with Gasteiger partial charge >= 0.3 is 0 Å². The standard InChI is InChI=1S/C12H16N4O2S/c1-8-11(19-7-14-8)5-16(2)4-10-3-9(6-18-10)12(17)15-13/h3,6-7H,4-5,13H2,1-2H3,(H,15,17). The van der Waals surface area contributed by atoms with Gasteiger partial charge in [0.15, 0.2) is 0 Å². The number of amides is 1. The van der Waals surface area contributed by atoms with Crippen LogP contribution in [0.1, 0.15) is 26.7 Å². The third kappa shape index (κ3) is 3.40. The predicted octanol–water partition coefficient (Wildman–Crippen LogP) is 1.28. The van der Waals surface area contributed by atoms with E-state index in [1.807, 2.05) is 19.5 Å². The van der Waals surface area contributed by atoms with Crippen molar-refractivity contribution in [3.8, 4) is 0 Å². The number of hydrogen-bond donors (Lipinski definition) is 2.